The van der Waals surface area contributed by atoms with E-state index in [1.54, 1.807) is 0 Å². The minimum absolute atomic E-state index is 0.260. The topological polar surface area (TPSA) is 86.4 Å². The Morgan fingerprint density at radius 3 is 2.32 bits per heavy atom. The third kappa shape index (κ3) is 2.86. The molecule has 0 saturated heterocycles. The largest absolute Gasteiger partial charge is 0.467 e. The summed E-state index contributed by atoms with van der Waals surface area (Å²) in [7, 11) is 5.03. The van der Waals surface area contributed by atoms with Crippen molar-refractivity contribution in [3.8, 4) is 12.0 Å². The third-order valence-corrected chi connectivity index (χ3v) is 3.68. The molecule has 1 aliphatic carbocycles. The van der Waals surface area contributed by atoms with E-state index in [-0.39, 0.29) is 12.0 Å². The van der Waals surface area contributed by atoms with Gasteiger partial charge < -0.3 is 20.1 Å². The quantitative estimate of drug-likeness (QED) is 0.829. The second-order valence-electron chi connectivity index (χ2n) is 4.71. The van der Waals surface area contributed by atoms with Crippen LogP contribution in [0.4, 0.5) is 5.95 Å². The van der Waals surface area contributed by atoms with Crippen LogP contribution in [0.25, 0.3) is 0 Å². The van der Waals surface area contributed by atoms with Crippen LogP contribution in [0.1, 0.15) is 19.3 Å². The molecule has 0 spiro atoms. The van der Waals surface area contributed by atoms with Gasteiger partial charge in [0.05, 0.1) is 14.2 Å². The summed E-state index contributed by atoms with van der Waals surface area (Å²) in [4.78, 5) is 14.6. The molecule has 2 N–H and O–H groups in total. The summed E-state index contributed by atoms with van der Waals surface area (Å²) in [5, 5.41) is 0. The maximum absolute atomic E-state index is 5.82. The van der Waals surface area contributed by atoms with Crippen LogP contribution in [0.15, 0.2) is 0 Å². The molecule has 1 heterocycles. The number of nitrogens with zero attached hydrogens (tertiary/aromatic N) is 4. The molecule has 1 saturated carbocycles. The minimum Gasteiger partial charge on any atom is -0.467 e. The smallest absolute Gasteiger partial charge is 0.324 e. The van der Waals surface area contributed by atoms with Crippen LogP contribution < -0.4 is 20.1 Å². The second kappa shape index (κ2) is 6.01. The maximum atomic E-state index is 5.82. The van der Waals surface area contributed by atoms with Crippen LogP contribution in [0.5, 0.6) is 12.0 Å². The van der Waals surface area contributed by atoms with Crippen molar-refractivity contribution in [3.63, 3.8) is 0 Å². The third-order valence-electron chi connectivity index (χ3n) is 3.68. The van der Waals surface area contributed by atoms with Gasteiger partial charge in [-0.2, -0.15) is 9.97 Å². The van der Waals surface area contributed by atoms with E-state index in [2.05, 4.69) is 19.9 Å². The Morgan fingerprint density at radius 2 is 1.79 bits per heavy atom. The first kappa shape index (κ1) is 13.8. The molecule has 106 valence electrons. The van der Waals surface area contributed by atoms with Crippen molar-refractivity contribution >= 4 is 5.95 Å². The van der Waals surface area contributed by atoms with Crippen LogP contribution in [0, 0.1) is 5.92 Å². The second-order valence-corrected chi connectivity index (χ2v) is 4.71. The van der Waals surface area contributed by atoms with E-state index < -0.39 is 0 Å². The Balaban J connectivity index is 2.24. The molecule has 7 heteroatoms. The first-order valence-corrected chi connectivity index (χ1v) is 6.46. The number of rotatable bonds is 5. The number of ether oxygens (including phenoxy) is 2. The molecular weight excluding hydrogens is 246 g/mol. The lowest BCUT2D eigenvalue weighted by atomic mass is 10.0. The molecule has 1 aliphatic rings. The van der Waals surface area contributed by atoms with E-state index in [0.717, 1.165) is 12.8 Å². The summed E-state index contributed by atoms with van der Waals surface area (Å²) in [6.07, 6.45) is 3.45. The number of nitrogens with two attached hydrogens (primary N) is 1. The van der Waals surface area contributed by atoms with Gasteiger partial charge in [-0.25, -0.2) is 0 Å². The molecule has 7 nitrogen and oxygen atoms in total. The van der Waals surface area contributed by atoms with E-state index in [4.69, 9.17) is 15.2 Å². The van der Waals surface area contributed by atoms with Gasteiger partial charge in [-0.15, -0.1) is 4.98 Å². The highest BCUT2D eigenvalue weighted by Crippen LogP contribution is 2.30. The molecule has 2 atom stereocenters. The molecule has 19 heavy (non-hydrogen) atoms. The summed E-state index contributed by atoms with van der Waals surface area (Å²) >= 11 is 0. The van der Waals surface area contributed by atoms with Gasteiger partial charge in [0, 0.05) is 13.1 Å². The average Bonchev–Trinajstić information content (AvgIpc) is 2.94. The predicted octanol–water partition coefficient (Wildman–Crippen LogP) is 0.452. The van der Waals surface area contributed by atoms with Crippen molar-refractivity contribution in [3.05, 3.63) is 0 Å². The molecule has 1 aromatic rings. The monoisotopic (exact) mass is 267 g/mol. The number of methoxy groups -OCH3 is 2. The fraction of sp³-hybridized carbons (Fsp3) is 0.750. The molecule has 0 aliphatic heterocycles. The maximum Gasteiger partial charge on any atom is 0.324 e. The number of hydrogen-bond acceptors (Lipinski definition) is 7. The van der Waals surface area contributed by atoms with E-state index in [9.17, 15) is 0 Å². The van der Waals surface area contributed by atoms with Crippen LogP contribution in [-0.2, 0) is 0 Å². The van der Waals surface area contributed by atoms with Crippen molar-refractivity contribution in [2.75, 3.05) is 32.7 Å². The van der Waals surface area contributed by atoms with Crippen LogP contribution >= 0.6 is 0 Å². The Morgan fingerprint density at radius 1 is 1.16 bits per heavy atom. The lowest BCUT2D eigenvalue weighted by Gasteiger charge is -2.29. The highest BCUT2D eigenvalue weighted by Gasteiger charge is 2.31. The number of anilines is 1. The van der Waals surface area contributed by atoms with Gasteiger partial charge in [0.25, 0.3) is 0 Å². The Labute approximate surface area is 113 Å². The predicted molar refractivity (Wildman–Crippen MR) is 71.5 cm³/mol. The Hall–Kier alpha value is -1.63. The van der Waals surface area contributed by atoms with Crippen molar-refractivity contribution in [2.45, 2.75) is 25.3 Å². The molecular formula is C12H21N5O2. The number of hydrogen-bond donors (Lipinski definition) is 1. The van der Waals surface area contributed by atoms with E-state index in [0.29, 0.717) is 24.5 Å². The average molecular weight is 267 g/mol. The van der Waals surface area contributed by atoms with E-state index in [1.807, 2.05) is 7.05 Å². The summed E-state index contributed by atoms with van der Waals surface area (Å²) in [6, 6.07) is 0.883. The molecule has 0 radical (unpaired) electrons. The fourth-order valence-corrected chi connectivity index (χ4v) is 2.62. The molecule has 0 amide bonds. The van der Waals surface area contributed by atoms with Gasteiger partial charge in [-0.1, -0.05) is 6.42 Å². The highest BCUT2D eigenvalue weighted by molar-refractivity contribution is 5.33. The first-order valence-electron chi connectivity index (χ1n) is 6.46. The molecule has 2 unspecified atom stereocenters. The fourth-order valence-electron chi connectivity index (χ4n) is 2.62. The van der Waals surface area contributed by atoms with Crippen LogP contribution in [0.2, 0.25) is 0 Å². The van der Waals surface area contributed by atoms with Gasteiger partial charge >= 0.3 is 12.0 Å². The van der Waals surface area contributed by atoms with Gasteiger partial charge in [0.15, 0.2) is 0 Å². The zero-order valence-corrected chi connectivity index (χ0v) is 11.7. The number of aromatic nitrogens is 3. The standard InChI is InChI=1S/C12H21N5O2/c1-17(9-6-4-5-8(9)7-13)10-14-11(18-2)16-12(15-10)19-3/h8-9H,4-7,13H2,1-3H3. The van der Waals surface area contributed by atoms with Crippen molar-refractivity contribution in [1.29, 1.82) is 0 Å². The zero-order chi connectivity index (χ0) is 13.8. The first-order chi connectivity index (χ1) is 9.19. The lowest BCUT2D eigenvalue weighted by Crippen LogP contribution is -2.38. The zero-order valence-electron chi connectivity index (χ0n) is 11.7. The van der Waals surface area contributed by atoms with Gasteiger partial charge in [0.2, 0.25) is 5.95 Å². The van der Waals surface area contributed by atoms with Crippen molar-refractivity contribution < 1.29 is 9.47 Å². The summed E-state index contributed by atoms with van der Waals surface area (Å²) < 4.78 is 10.1. The van der Waals surface area contributed by atoms with E-state index >= 15 is 0 Å². The van der Waals surface area contributed by atoms with Crippen molar-refractivity contribution in [2.24, 2.45) is 11.7 Å². The molecule has 1 fully saturated rings. The molecule has 0 bridgehead atoms. The van der Waals surface area contributed by atoms with Gasteiger partial charge in [-0.05, 0) is 25.3 Å². The van der Waals surface area contributed by atoms with Crippen LogP contribution in [0.3, 0.4) is 0 Å². The summed E-state index contributed by atoms with van der Waals surface area (Å²) in [5.41, 5.74) is 5.82. The Kier molecular flexibility index (Phi) is 4.36. The lowest BCUT2D eigenvalue weighted by molar-refractivity contribution is 0.338. The van der Waals surface area contributed by atoms with Gasteiger partial charge in [0.1, 0.15) is 0 Å². The summed E-state index contributed by atoms with van der Waals surface area (Å²) in [6.45, 7) is 0.689. The van der Waals surface area contributed by atoms with Gasteiger partial charge in [-0.3, -0.25) is 0 Å². The molecule has 1 aromatic heterocycles. The van der Waals surface area contributed by atoms with Crippen LogP contribution in [-0.4, -0.2) is 48.8 Å². The SMILES string of the molecule is COc1nc(OC)nc(N(C)C2CCCC2CN)n1. The molecule has 0 aromatic carbocycles. The van der Waals surface area contributed by atoms with Crippen molar-refractivity contribution in [1.82, 2.24) is 15.0 Å². The molecule has 2 rings (SSSR count). The highest BCUT2D eigenvalue weighted by atomic mass is 16.5. The summed E-state index contributed by atoms with van der Waals surface area (Å²) in [5.74, 6) is 1.05. The van der Waals surface area contributed by atoms with E-state index in [1.165, 1.54) is 20.6 Å². The minimum atomic E-state index is 0.260. The normalized spacial score (nSPS) is 22.3. The Bertz CT molecular complexity index is 406.